The number of nitrogens with one attached hydrogen (secondary N) is 3. The maximum Gasteiger partial charge on any atom is 0.246 e. The van der Waals surface area contributed by atoms with Gasteiger partial charge in [0.05, 0.1) is 18.4 Å². The first-order chi connectivity index (χ1) is 19.2. The number of likely N-dealkylation sites (N-methyl/N-ethyl adjacent to an activating group) is 2. The van der Waals surface area contributed by atoms with Crippen LogP contribution >= 0.6 is 0 Å². The Morgan fingerprint density at radius 2 is 2.02 bits per heavy atom. The zero-order valence-corrected chi connectivity index (χ0v) is 23.4. The molecule has 214 valence electrons. The van der Waals surface area contributed by atoms with E-state index in [-0.39, 0.29) is 35.5 Å². The van der Waals surface area contributed by atoms with Crippen molar-refractivity contribution < 1.29 is 18.4 Å². The molecule has 1 aromatic heterocycles. The number of amides is 2. The molecule has 40 heavy (non-hydrogen) atoms. The van der Waals surface area contributed by atoms with Gasteiger partial charge in [0.2, 0.25) is 17.8 Å². The molecule has 0 radical (unpaired) electrons. The summed E-state index contributed by atoms with van der Waals surface area (Å²) in [7, 11) is 5.43. The SMILES string of the molecule is CC(C(=O)NC1CC(C#Cc2cnc(Nc3cccc(F)c3)nc2NCCCF)C1)N(C)C(=O)C=CCN(C)C. The molecule has 3 N–H and O–H groups in total. The molecule has 1 fully saturated rings. The Bertz CT molecular complexity index is 1250. The van der Waals surface area contributed by atoms with Crippen molar-refractivity contribution in [3.05, 3.63) is 54.0 Å². The van der Waals surface area contributed by atoms with Crippen molar-refractivity contribution in [2.45, 2.75) is 38.3 Å². The molecule has 11 heteroatoms. The zero-order chi connectivity index (χ0) is 29.1. The average molecular weight is 554 g/mol. The summed E-state index contributed by atoms with van der Waals surface area (Å²) in [6.45, 7) is 2.26. The Kier molecular flexibility index (Phi) is 11.4. The number of nitrogens with zero attached hydrogens (tertiary/aromatic N) is 4. The Hall–Kier alpha value is -4.04. The summed E-state index contributed by atoms with van der Waals surface area (Å²) < 4.78 is 26.2. The van der Waals surface area contributed by atoms with Crippen molar-refractivity contribution >= 4 is 29.3 Å². The van der Waals surface area contributed by atoms with Crippen LogP contribution in [0.15, 0.2) is 42.6 Å². The highest BCUT2D eigenvalue weighted by atomic mass is 19.1. The minimum atomic E-state index is -0.601. The summed E-state index contributed by atoms with van der Waals surface area (Å²) in [4.78, 5) is 37.1. The van der Waals surface area contributed by atoms with E-state index in [1.54, 1.807) is 38.4 Å². The Labute approximate surface area is 234 Å². The van der Waals surface area contributed by atoms with E-state index in [9.17, 15) is 18.4 Å². The molecule has 2 amide bonds. The second-order valence-electron chi connectivity index (χ2n) is 9.99. The molecule has 0 saturated heterocycles. The number of rotatable bonds is 12. The Morgan fingerprint density at radius 3 is 2.73 bits per heavy atom. The van der Waals surface area contributed by atoms with Crippen LogP contribution < -0.4 is 16.0 Å². The average Bonchev–Trinajstić information content (AvgIpc) is 2.89. The van der Waals surface area contributed by atoms with Gasteiger partial charge in [-0.25, -0.2) is 9.37 Å². The molecule has 1 aromatic carbocycles. The number of hydrogen-bond donors (Lipinski definition) is 3. The van der Waals surface area contributed by atoms with Crippen molar-refractivity contribution in [2.75, 3.05) is 51.5 Å². The van der Waals surface area contributed by atoms with Crippen LogP contribution in [0.1, 0.15) is 31.7 Å². The maximum absolute atomic E-state index is 13.5. The molecule has 0 aliphatic heterocycles. The van der Waals surface area contributed by atoms with Crippen molar-refractivity contribution in [3.8, 4) is 11.8 Å². The van der Waals surface area contributed by atoms with Crippen LogP contribution in [-0.2, 0) is 9.59 Å². The number of halogens is 2. The van der Waals surface area contributed by atoms with E-state index in [2.05, 4.69) is 37.8 Å². The van der Waals surface area contributed by atoms with E-state index >= 15 is 0 Å². The largest absolute Gasteiger partial charge is 0.369 e. The van der Waals surface area contributed by atoms with E-state index in [0.29, 0.717) is 49.4 Å². The van der Waals surface area contributed by atoms with Gasteiger partial charge >= 0.3 is 0 Å². The van der Waals surface area contributed by atoms with Crippen LogP contribution in [0.3, 0.4) is 0 Å². The Morgan fingerprint density at radius 1 is 1.25 bits per heavy atom. The van der Waals surface area contributed by atoms with Crippen molar-refractivity contribution in [3.63, 3.8) is 0 Å². The first-order valence-corrected chi connectivity index (χ1v) is 13.3. The van der Waals surface area contributed by atoms with Gasteiger partial charge in [-0.1, -0.05) is 24.0 Å². The third-order valence-corrected chi connectivity index (χ3v) is 6.41. The number of anilines is 3. The molecule has 2 aromatic rings. The highest BCUT2D eigenvalue weighted by Crippen LogP contribution is 2.27. The molecule has 1 heterocycles. The third-order valence-electron chi connectivity index (χ3n) is 6.41. The summed E-state index contributed by atoms with van der Waals surface area (Å²) >= 11 is 0. The van der Waals surface area contributed by atoms with Crippen LogP contribution in [0.25, 0.3) is 0 Å². The van der Waals surface area contributed by atoms with Gasteiger partial charge in [-0.2, -0.15) is 4.98 Å². The van der Waals surface area contributed by atoms with E-state index in [1.807, 2.05) is 19.0 Å². The quantitative estimate of drug-likeness (QED) is 0.211. The normalized spacial score (nSPS) is 17.0. The summed E-state index contributed by atoms with van der Waals surface area (Å²) in [5.74, 6) is 6.30. The lowest BCUT2D eigenvalue weighted by Gasteiger charge is -2.34. The highest BCUT2D eigenvalue weighted by Gasteiger charge is 2.31. The first kappa shape index (κ1) is 30.5. The fourth-order valence-electron chi connectivity index (χ4n) is 3.84. The summed E-state index contributed by atoms with van der Waals surface area (Å²) in [6, 6.07) is 5.34. The minimum absolute atomic E-state index is 0.0155. The molecule has 1 saturated carbocycles. The number of carbonyl (C=O) groups is 2. The van der Waals surface area contributed by atoms with E-state index in [0.717, 1.165) is 0 Å². The third kappa shape index (κ3) is 9.31. The molecule has 3 rings (SSSR count). The zero-order valence-electron chi connectivity index (χ0n) is 23.4. The second kappa shape index (κ2) is 14.9. The molecule has 9 nitrogen and oxygen atoms in total. The van der Waals surface area contributed by atoms with Gasteiger partial charge in [-0.05, 0) is 58.5 Å². The lowest BCUT2D eigenvalue weighted by Crippen LogP contribution is -2.51. The minimum Gasteiger partial charge on any atom is -0.369 e. The maximum atomic E-state index is 13.5. The first-order valence-electron chi connectivity index (χ1n) is 13.3. The molecule has 1 aliphatic rings. The molecule has 1 atom stereocenters. The van der Waals surface area contributed by atoms with Crippen LogP contribution in [-0.4, -0.2) is 84.6 Å². The fraction of sp³-hybridized carbons (Fsp3) is 0.448. The van der Waals surface area contributed by atoms with Gasteiger partial charge in [0, 0.05) is 43.9 Å². The van der Waals surface area contributed by atoms with Crippen LogP contribution in [0.2, 0.25) is 0 Å². The van der Waals surface area contributed by atoms with Gasteiger partial charge in [0.25, 0.3) is 0 Å². The number of hydrogen-bond acceptors (Lipinski definition) is 7. The van der Waals surface area contributed by atoms with Crippen molar-refractivity contribution in [2.24, 2.45) is 5.92 Å². The van der Waals surface area contributed by atoms with Gasteiger partial charge in [0.15, 0.2) is 0 Å². The Balaban J connectivity index is 1.55. The van der Waals surface area contributed by atoms with E-state index < -0.39 is 12.7 Å². The standard InChI is InChI=1S/C29H37F2N7O2/c1-20(38(4)26(39)10-6-15-37(2)3)28(40)34-25-16-21(17-25)11-12-22-19-33-29(36-27(22)32-14-7-13-30)35-24-9-5-8-23(31)18-24/h5-6,8-10,18-21,25H,7,13-17H2,1-4H3,(H,34,40)(H2,32,33,35,36). The van der Waals surface area contributed by atoms with Gasteiger partial charge in [-0.3, -0.25) is 14.0 Å². The molecular weight excluding hydrogens is 516 g/mol. The smallest absolute Gasteiger partial charge is 0.246 e. The molecule has 1 aliphatic carbocycles. The topological polar surface area (TPSA) is 102 Å². The van der Waals surface area contributed by atoms with Crippen LogP contribution in [0.5, 0.6) is 0 Å². The fourth-order valence-corrected chi connectivity index (χ4v) is 3.84. The van der Waals surface area contributed by atoms with Gasteiger partial charge in [-0.15, -0.1) is 0 Å². The number of benzene rings is 1. The van der Waals surface area contributed by atoms with Gasteiger partial charge in [0.1, 0.15) is 17.7 Å². The summed E-state index contributed by atoms with van der Waals surface area (Å²) in [6.07, 6.45) is 6.51. The predicted molar refractivity (Wildman–Crippen MR) is 152 cm³/mol. The van der Waals surface area contributed by atoms with Gasteiger partial charge < -0.3 is 25.8 Å². The van der Waals surface area contributed by atoms with E-state index in [4.69, 9.17) is 0 Å². The van der Waals surface area contributed by atoms with Crippen LogP contribution in [0.4, 0.5) is 26.2 Å². The molecule has 0 spiro atoms. The predicted octanol–water partition coefficient (Wildman–Crippen LogP) is 3.34. The lowest BCUT2D eigenvalue weighted by atomic mass is 9.80. The highest BCUT2D eigenvalue weighted by molar-refractivity contribution is 5.92. The van der Waals surface area contributed by atoms with Crippen molar-refractivity contribution in [1.29, 1.82) is 0 Å². The van der Waals surface area contributed by atoms with Crippen molar-refractivity contribution in [1.82, 2.24) is 25.1 Å². The lowest BCUT2D eigenvalue weighted by molar-refractivity contribution is -0.135. The monoisotopic (exact) mass is 553 g/mol. The molecular formula is C29H37F2N7O2. The van der Waals surface area contributed by atoms with Crippen LogP contribution in [0, 0.1) is 23.6 Å². The second-order valence-corrected chi connectivity index (χ2v) is 9.99. The van der Waals surface area contributed by atoms with E-state index in [1.165, 1.54) is 23.1 Å². The number of alkyl halides is 1. The number of aromatic nitrogens is 2. The summed E-state index contributed by atoms with van der Waals surface area (Å²) in [5.41, 5.74) is 1.06. The molecule has 0 bridgehead atoms. The summed E-state index contributed by atoms with van der Waals surface area (Å²) in [5, 5.41) is 9.04. The number of carbonyl (C=O) groups excluding carboxylic acids is 2. The molecule has 1 unspecified atom stereocenters.